The van der Waals surface area contributed by atoms with Gasteiger partial charge in [0.2, 0.25) is 0 Å². The van der Waals surface area contributed by atoms with Crippen molar-refractivity contribution >= 4 is 5.97 Å². The summed E-state index contributed by atoms with van der Waals surface area (Å²) in [6.07, 6.45) is 0. The SMILES string of the molecule is Cc1cccc(Oc2cccc(C(=O)O)c2)c1C. The van der Waals surface area contributed by atoms with Crippen LogP contribution in [0.15, 0.2) is 42.5 Å². The maximum Gasteiger partial charge on any atom is 0.335 e. The molecule has 3 nitrogen and oxygen atoms in total. The van der Waals surface area contributed by atoms with Crippen molar-refractivity contribution in [2.24, 2.45) is 0 Å². The van der Waals surface area contributed by atoms with Gasteiger partial charge >= 0.3 is 5.97 Å². The third-order valence-corrected chi connectivity index (χ3v) is 2.86. The lowest BCUT2D eigenvalue weighted by atomic mass is 10.1. The Morgan fingerprint density at radius 1 is 1.11 bits per heavy atom. The first kappa shape index (κ1) is 12.2. The second kappa shape index (κ2) is 4.92. The van der Waals surface area contributed by atoms with Crippen molar-refractivity contribution in [3.8, 4) is 11.5 Å². The Bertz CT molecular complexity index is 588. The number of aryl methyl sites for hydroxylation is 1. The zero-order valence-corrected chi connectivity index (χ0v) is 10.3. The van der Waals surface area contributed by atoms with E-state index in [1.165, 1.54) is 12.1 Å². The number of carbonyl (C=O) groups is 1. The van der Waals surface area contributed by atoms with Crippen molar-refractivity contribution < 1.29 is 14.6 Å². The minimum absolute atomic E-state index is 0.220. The first-order chi connectivity index (χ1) is 8.58. The van der Waals surface area contributed by atoms with E-state index in [1.54, 1.807) is 12.1 Å². The number of carboxylic acids is 1. The lowest BCUT2D eigenvalue weighted by Crippen LogP contribution is -1.96. The maximum atomic E-state index is 10.9. The van der Waals surface area contributed by atoms with E-state index in [-0.39, 0.29) is 5.56 Å². The molecule has 2 aromatic carbocycles. The molecule has 0 radical (unpaired) electrons. The molecule has 2 rings (SSSR count). The summed E-state index contributed by atoms with van der Waals surface area (Å²) < 4.78 is 5.72. The summed E-state index contributed by atoms with van der Waals surface area (Å²) in [4.78, 5) is 10.9. The van der Waals surface area contributed by atoms with Gasteiger partial charge in [-0.1, -0.05) is 18.2 Å². The lowest BCUT2D eigenvalue weighted by Gasteiger charge is -2.10. The molecule has 0 atom stereocenters. The molecule has 0 aliphatic heterocycles. The molecule has 1 N–H and O–H groups in total. The monoisotopic (exact) mass is 242 g/mol. The third-order valence-electron chi connectivity index (χ3n) is 2.86. The molecule has 0 bridgehead atoms. The first-order valence-corrected chi connectivity index (χ1v) is 5.65. The summed E-state index contributed by atoms with van der Waals surface area (Å²) in [5, 5.41) is 8.92. The number of hydrogen-bond donors (Lipinski definition) is 1. The van der Waals surface area contributed by atoms with Gasteiger partial charge in [-0.25, -0.2) is 4.79 Å². The minimum Gasteiger partial charge on any atom is -0.478 e. The third kappa shape index (κ3) is 2.51. The molecule has 0 saturated heterocycles. The topological polar surface area (TPSA) is 46.5 Å². The van der Waals surface area contributed by atoms with E-state index in [0.29, 0.717) is 5.75 Å². The van der Waals surface area contributed by atoms with Crippen LogP contribution in [0.25, 0.3) is 0 Å². The number of aromatic carboxylic acids is 1. The lowest BCUT2D eigenvalue weighted by molar-refractivity contribution is 0.0696. The summed E-state index contributed by atoms with van der Waals surface area (Å²) in [5.41, 5.74) is 2.41. The van der Waals surface area contributed by atoms with E-state index in [4.69, 9.17) is 9.84 Å². The molecule has 92 valence electrons. The van der Waals surface area contributed by atoms with Gasteiger partial charge < -0.3 is 9.84 Å². The summed E-state index contributed by atoms with van der Waals surface area (Å²) in [6, 6.07) is 12.3. The summed E-state index contributed by atoms with van der Waals surface area (Å²) in [7, 11) is 0. The van der Waals surface area contributed by atoms with E-state index in [1.807, 2.05) is 32.0 Å². The average Bonchev–Trinajstić information content (AvgIpc) is 2.35. The highest BCUT2D eigenvalue weighted by Gasteiger charge is 2.06. The normalized spacial score (nSPS) is 10.1. The van der Waals surface area contributed by atoms with Gasteiger partial charge in [0.25, 0.3) is 0 Å². The zero-order valence-electron chi connectivity index (χ0n) is 10.3. The first-order valence-electron chi connectivity index (χ1n) is 5.65. The van der Waals surface area contributed by atoms with Gasteiger partial charge in [0.15, 0.2) is 0 Å². The van der Waals surface area contributed by atoms with Crippen molar-refractivity contribution in [2.45, 2.75) is 13.8 Å². The molecule has 3 heteroatoms. The number of benzene rings is 2. The van der Waals surface area contributed by atoms with Gasteiger partial charge in [-0.2, -0.15) is 0 Å². The number of hydrogen-bond acceptors (Lipinski definition) is 2. The van der Waals surface area contributed by atoms with E-state index < -0.39 is 5.97 Å². The van der Waals surface area contributed by atoms with Gasteiger partial charge in [-0.15, -0.1) is 0 Å². The molecule has 0 aliphatic carbocycles. The number of rotatable bonds is 3. The predicted molar refractivity (Wildman–Crippen MR) is 69.4 cm³/mol. The fraction of sp³-hybridized carbons (Fsp3) is 0.133. The molecule has 0 saturated carbocycles. The molecule has 2 aromatic rings. The van der Waals surface area contributed by atoms with Crippen molar-refractivity contribution in [1.82, 2.24) is 0 Å². The van der Waals surface area contributed by atoms with Crippen LogP contribution >= 0.6 is 0 Å². The van der Waals surface area contributed by atoms with Gasteiger partial charge in [-0.05, 0) is 49.2 Å². The Labute approximate surface area is 106 Å². The Kier molecular flexibility index (Phi) is 3.33. The second-order valence-corrected chi connectivity index (χ2v) is 4.13. The van der Waals surface area contributed by atoms with Crippen LogP contribution in [0.2, 0.25) is 0 Å². The Morgan fingerprint density at radius 3 is 2.56 bits per heavy atom. The summed E-state index contributed by atoms with van der Waals surface area (Å²) >= 11 is 0. The zero-order chi connectivity index (χ0) is 13.1. The number of ether oxygens (including phenoxy) is 1. The highest BCUT2D eigenvalue weighted by molar-refractivity contribution is 5.88. The minimum atomic E-state index is -0.957. The standard InChI is InChI=1S/C15H14O3/c1-10-5-3-8-14(11(10)2)18-13-7-4-6-12(9-13)15(16)17/h3-9H,1-2H3,(H,16,17). The number of carboxylic acid groups (broad SMARTS) is 1. The van der Waals surface area contributed by atoms with Gasteiger partial charge in [0, 0.05) is 0 Å². The summed E-state index contributed by atoms with van der Waals surface area (Å²) in [5.74, 6) is 0.322. The van der Waals surface area contributed by atoms with Crippen LogP contribution in [-0.4, -0.2) is 11.1 Å². The van der Waals surface area contributed by atoms with Crippen LogP contribution in [0.5, 0.6) is 11.5 Å². The van der Waals surface area contributed by atoms with Crippen LogP contribution in [0, 0.1) is 13.8 Å². The van der Waals surface area contributed by atoms with Crippen LogP contribution < -0.4 is 4.74 Å². The van der Waals surface area contributed by atoms with Crippen molar-refractivity contribution in [3.63, 3.8) is 0 Å². The Balaban J connectivity index is 2.31. The molecule has 0 fully saturated rings. The predicted octanol–water partition coefficient (Wildman–Crippen LogP) is 3.79. The quantitative estimate of drug-likeness (QED) is 0.890. The molecular weight excluding hydrogens is 228 g/mol. The molecule has 0 spiro atoms. The van der Waals surface area contributed by atoms with Crippen LogP contribution in [0.4, 0.5) is 0 Å². The van der Waals surface area contributed by atoms with E-state index >= 15 is 0 Å². The highest BCUT2D eigenvalue weighted by atomic mass is 16.5. The maximum absolute atomic E-state index is 10.9. The Hall–Kier alpha value is -2.29. The molecule has 0 amide bonds. The van der Waals surface area contributed by atoms with E-state index in [9.17, 15) is 4.79 Å². The van der Waals surface area contributed by atoms with Crippen LogP contribution in [0.1, 0.15) is 21.5 Å². The molecule has 18 heavy (non-hydrogen) atoms. The molecule has 0 aliphatic rings. The van der Waals surface area contributed by atoms with E-state index in [2.05, 4.69) is 0 Å². The largest absolute Gasteiger partial charge is 0.478 e. The van der Waals surface area contributed by atoms with Gasteiger partial charge in [-0.3, -0.25) is 0 Å². The molecule has 0 heterocycles. The highest BCUT2D eigenvalue weighted by Crippen LogP contribution is 2.27. The Morgan fingerprint density at radius 2 is 1.83 bits per heavy atom. The fourth-order valence-electron chi connectivity index (χ4n) is 1.65. The van der Waals surface area contributed by atoms with Crippen molar-refractivity contribution in [3.05, 3.63) is 59.2 Å². The average molecular weight is 242 g/mol. The van der Waals surface area contributed by atoms with Gasteiger partial charge in [0.1, 0.15) is 11.5 Å². The van der Waals surface area contributed by atoms with Crippen LogP contribution in [-0.2, 0) is 0 Å². The van der Waals surface area contributed by atoms with Crippen molar-refractivity contribution in [2.75, 3.05) is 0 Å². The molecule has 0 unspecified atom stereocenters. The fourth-order valence-corrected chi connectivity index (χ4v) is 1.65. The molecule has 0 aromatic heterocycles. The van der Waals surface area contributed by atoms with Crippen molar-refractivity contribution in [1.29, 1.82) is 0 Å². The summed E-state index contributed by atoms with van der Waals surface area (Å²) in [6.45, 7) is 3.99. The smallest absolute Gasteiger partial charge is 0.335 e. The molecular formula is C15H14O3. The van der Waals surface area contributed by atoms with Crippen LogP contribution in [0.3, 0.4) is 0 Å². The van der Waals surface area contributed by atoms with Gasteiger partial charge in [0.05, 0.1) is 5.56 Å². The second-order valence-electron chi connectivity index (χ2n) is 4.13. The van der Waals surface area contributed by atoms with E-state index in [0.717, 1.165) is 16.9 Å².